The molecule has 0 spiro atoms. The van der Waals surface area contributed by atoms with Crippen molar-refractivity contribution in [2.45, 2.75) is 20.8 Å². The van der Waals surface area contributed by atoms with Gasteiger partial charge < -0.3 is 10.2 Å². The van der Waals surface area contributed by atoms with Crippen molar-refractivity contribution in [3.63, 3.8) is 0 Å². The third-order valence-corrected chi connectivity index (χ3v) is 3.95. The Kier molecular flexibility index (Phi) is 6.52. The molecule has 0 fully saturated rings. The molecule has 2 amide bonds. The number of amides is 2. The first-order valence-electron chi connectivity index (χ1n) is 8.48. The van der Waals surface area contributed by atoms with Gasteiger partial charge in [0.05, 0.1) is 0 Å². The number of hydrogen-bond acceptors (Lipinski definition) is 2. The average molecular weight is 336 g/mol. The first-order valence-corrected chi connectivity index (χ1v) is 8.48. The highest BCUT2D eigenvalue weighted by Gasteiger charge is 2.11. The minimum absolute atomic E-state index is 0.00198. The summed E-state index contributed by atoms with van der Waals surface area (Å²) in [4.78, 5) is 26.0. The van der Waals surface area contributed by atoms with Gasteiger partial charge in [0.2, 0.25) is 5.91 Å². The molecule has 1 N–H and O–H groups in total. The van der Waals surface area contributed by atoms with Crippen LogP contribution in [-0.2, 0) is 4.79 Å². The third kappa shape index (κ3) is 5.31. The van der Waals surface area contributed by atoms with E-state index < -0.39 is 0 Å². The van der Waals surface area contributed by atoms with Gasteiger partial charge in [-0.05, 0) is 56.7 Å². The van der Waals surface area contributed by atoms with Crippen LogP contribution in [-0.4, -0.2) is 29.8 Å². The van der Waals surface area contributed by atoms with Crippen LogP contribution in [0.15, 0.2) is 54.6 Å². The van der Waals surface area contributed by atoms with Crippen molar-refractivity contribution in [1.29, 1.82) is 0 Å². The number of rotatable bonds is 6. The van der Waals surface area contributed by atoms with Gasteiger partial charge in [0, 0.05) is 30.4 Å². The SMILES string of the molecule is CCN(CC)C(=O)c1ccc(NC(=O)/C=C/c2ccc(C)cc2)cc1. The van der Waals surface area contributed by atoms with Gasteiger partial charge in [-0.1, -0.05) is 29.8 Å². The fraction of sp³-hybridized carbons (Fsp3) is 0.238. The van der Waals surface area contributed by atoms with Gasteiger partial charge in [-0.2, -0.15) is 0 Å². The number of anilines is 1. The van der Waals surface area contributed by atoms with Crippen molar-refractivity contribution in [3.05, 3.63) is 71.3 Å². The predicted octanol–water partition coefficient (Wildman–Crippen LogP) is 4.13. The maximum atomic E-state index is 12.3. The van der Waals surface area contributed by atoms with E-state index in [0.29, 0.717) is 24.3 Å². The van der Waals surface area contributed by atoms with Gasteiger partial charge in [0.15, 0.2) is 0 Å². The molecule has 0 atom stereocenters. The van der Waals surface area contributed by atoms with Crippen LogP contribution < -0.4 is 5.32 Å². The van der Waals surface area contributed by atoms with Crippen molar-refractivity contribution in [2.24, 2.45) is 0 Å². The van der Waals surface area contributed by atoms with E-state index in [4.69, 9.17) is 0 Å². The highest BCUT2D eigenvalue weighted by Crippen LogP contribution is 2.12. The number of carbonyl (C=O) groups is 2. The molecule has 0 saturated heterocycles. The summed E-state index contributed by atoms with van der Waals surface area (Å²) < 4.78 is 0. The Morgan fingerprint density at radius 1 is 0.960 bits per heavy atom. The monoisotopic (exact) mass is 336 g/mol. The van der Waals surface area contributed by atoms with E-state index in [0.717, 1.165) is 5.56 Å². The summed E-state index contributed by atoms with van der Waals surface area (Å²) in [7, 11) is 0. The van der Waals surface area contributed by atoms with E-state index in [9.17, 15) is 9.59 Å². The van der Waals surface area contributed by atoms with Gasteiger partial charge in [0.25, 0.3) is 5.91 Å². The Bertz CT molecular complexity index is 742. The Morgan fingerprint density at radius 3 is 2.12 bits per heavy atom. The lowest BCUT2D eigenvalue weighted by Gasteiger charge is -2.18. The molecule has 4 heteroatoms. The van der Waals surface area contributed by atoms with Gasteiger partial charge in [0.1, 0.15) is 0 Å². The van der Waals surface area contributed by atoms with E-state index in [2.05, 4.69) is 5.32 Å². The second-order valence-electron chi connectivity index (χ2n) is 5.79. The first-order chi connectivity index (χ1) is 12.0. The van der Waals surface area contributed by atoms with Crippen molar-refractivity contribution < 1.29 is 9.59 Å². The molecule has 0 radical (unpaired) electrons. The first kappa shape index (κ1) is 18.5. The van der Waals surface area contributed by atoms with Crippen molar-refractivity contribution in [1.82, 2.24) is 4.90 Å². The van der Waals surface area contributed by atoms with Gasteiger partial charge in [-0.25, -0.2) is 0 Å². The number of benzene rings is 2. The summed E-state index contributed by atoms with van der Waals surface area (Å²) in [6.07, 6.45) is 3.27. The topological polar surface area (TPSA) is 49.4 Å². The Balaban J connectivity index is 1.97. The zero-order chi connectivity index (χ0) is 18.2. The number of aryl methyl sites for hydroxylation is 1. The van der Waals surface area contributed by atoms with Crippen LogP contribution in [0.2, 0.25) is 0 Å². The second kappa shape index (κ2) is 8.83. The van der Waals surface area contributed by atoms with Crippen LogP contribution in [0.1, 0.15) is 35.3 Å². The van der Waals surface area contributed by atoms with Crippen LogP contribution in [0.3, 0.4) is 0 Å². The molecule has 0 unspecified atom stereocenters. The summed E-state index contributed by atoms with van der Waals surface area (Å²) in [5, 5.41) is 2.80. The van der Waals surface area contributed by atoms with Gasteiger partial charge in [-0.15, -0.1) is 0 Å². The number of nitrogens with one attached hydrogen (secondary N) is 1. The molecule has 25 heavy (non-hydrogen) atoms. The summed E-state index contributed by atoms with van der Waals surface area (Å²) in [5.41, 5.74) is 3.44. The average Bonchev–Trinajstić information content (AvgIpc) is 2.63. The molecular formula is C21H24N2O2. The molecule has 130 valence electrons. The van der Waals surface area contributed by atoms with E-state index >= 15 is 0 Å². The van der Waals surface area contributed by atoms with E-state index in [-0.39, 0.29) is 11.8 Å². The molecule has 2 aromatic rings. The quantitative estimate of drug-likeness (QED) is 0.806. The Labute approximate surface area is 149 Å². The van der Waals surface area contributed by atoms with Crippen molar-refractivity contribution >= 4 is 23.6 Å². The van der Waals surface area contributed by atoms with Crippen LogP contribution in [0.4, 0.5) is 5.69 Å². The van der Waals surface area contributed by atoms with Crippen LogP contribution >= 0.6 is 0 Å². The maximum Gasteiger partial charge on any atom is 0.253 e. The van der Waals surface area contributed by atoms with Gasteiger partial charge in [-0.3, -0.25) is 9.59 Å². The lowest BCUT2D eigenvalue weighted by Crippen LogP contribution is -2.30. The molecule has 2 aromatic carbocycles. The normalized spacial score (nSPS) is 10.7. The zero-order valence-electron chi connectivity index (χ0n) is 15.0. The summed E-state index contributed by atoms with van der Waals surface area (Å²) in [6.45, 7) is 7.29. The predicted molar refractivity (Wildman–Crippen MR) is 103 cm³/mol. The molecule has 0 saturated carbocycles. The minimum atomic E-state index is -0.205. The Morgan fingerprint density at radius 2 is 1.56 bits per heavy atom. The molecular weight excluding hydrogens is 312 g/mol. The molecule has 0 aliphatic carbocycles. The number of hydrogen-bond donors (Lipinski definition) is 1. The third-order valence-electron chi connectivity index (χ3n) is 3.95. The molecule has 0 aromatic heterocycles. The molecule has 0 aliphatic heterocycles. The fourth-order valence-corrected chi connectivity index (χ4v) is 2.42. The largest absolute Gasteiger partial charge is 0.339 e. The summed E-state index contributed by atoms with van der Waals surface area (Å²) in [6, 6.07) is 14.9. The minimum Gasteiger partial charge on any atom is -0.339 e. The van der Waals surface area contributed by atoms with Crippen LogP contribution in [0.25, 0.3) is 6.08 Å². The molecule has 0 bridgehead atoms. The van der Waals surface area contributed by atoms with E-state index in [1.807, 2.05) is 45.0 Å². The van der Waals surface area contributed by atoms with E-state index in [1.165, 1.54) is 11.6 Å². The smallest absolute Gasteiger partial charge is 0.253 e. The van der Waals surface area contributed by atoms with Crippen LogP contribution in [0, 0.1) is 6.92 Å². The summed E-state index contributed by atoms with van der Waals surface area (Å²) in [5.74, 6) is -0.203. The molecule has 2 rings (SSSR count). The fourth-order valence-electron chi connectivity index (χ4n) is 2.42. The number of nitrogens with zero attached hydrogens (tertiary/aromatic N) is 1. The standard InChI is InChI=1S/C21H24N2O2/c1-4-23(5-2)21(25)18-11-13-19(14-12-18)22-20(24)15-10-17-8-6-16(3)7-9-17/h6-15H,4-5H2,1-3H3,(H,22,24)/b15-10+. The highest BCUT2D eigenvalue weighted by atomic mass is 16.2. The lowest BCUT2D eigenvalue weighted by molar-refractivity contribution is -0.111. The van der Waals surface area contributed by atoms with E-state index in [1.54, 1.807) is 35.2 Å². The van der Waals surface area contributed by atoms with Crippen LogP contribution in [0.5, 0.6) is 0 Å². The highest BCUT2D eigenvalue weighted by molar-refractivity contribution is 6.02. The summed E-state index contributed by atoms with van der Waals surface area (Å²) >= 11 is 0. The Hall–Kier alpha value is -2.88. The van der Waals surface area contributed by atoms with Crippen molar-refractivity contribution in [3.8, 4) is 0 Å². The van der Waals surface area contributed by atoms with Crippen molar-refractivity contribution in [2.75, 3.05) is 18.4 Å². The molecule has 4 nitrogen and oxygen atoms in total. The zero-order valence-corrected chi connectivity index (χ0v) is 15.0. The molecule has 0 aliphatic rings. The number of carbonyl (C=O) groups excluding carboxylic acids is 2. The maximum absolute atomic E-state index is 12.3. The lowest BCUT2D eigenvalue weighted by atomic mass is 10.1. The van der Waals surface area contributed by atoms with Gasteiger partial charge >= 0.3 is 0 Å². The second-order valence-corrected chi connectivity index (χ2v) is 5.79. The molecule has 0 heterocycles.